The molecule has 2 aromatic rings. The van der Waals surface area contributed by atoms with Crippen LogP contribution >= 0.6 is 0 Å². The summed E-state index contributed by atoms with van der Waals surface area (Å²) in [5, 5.41) is 0. The van der Waals surface area contributed by atoms with Gasteiger partial charge in [-0.05, 0) is 19.3 Å². The number of imidazole rings is 1. The molecule has 1 unspecified atom stereocenters. The summed E-state index contributed by atoms with van der Waals surface area (Å²) in [5.74, 6) is -0.672. The first-order valence-corrected chi connectivity index (χ1v) is 7.73. The second-order valence-electron chi connectivity index (χ2n) is 5.94. The van der Waals surface area contributed by atoms with Crippen LogP contribution in [-0.2, 0) is 35.0 Å². The van der Waals surface area contributed by atoms with Crippen LogP contribution in [0.1, 0.15) is 25.7 Å². The summed E-state index contributed by atoms with van der Waals surface area (Å²) < 4.78 is 8.77. The van der Waals surface area contributed by atoms with Crippen molar-refractivity contribution >= 4 is 22.9 Å². The van der Waals surface area contributed by atoms with E-state index in [9.17, 15) is 19.2 Å². The third-order valence-corrected chi connectivity index (χ3v) is 4.29. The Morgan fingerprint density at radius 1 is 1.25 bits per heavy atom. The van der Waals surface area contributed by atoms with Crippen molar-refractivity contribution < 1.29 is 14.3 Å². The van der Waals surface area contributed by atoms with Gasteiger partial charge in [0.05, 0.1) is 6.33 Å². The number of fused-ring (bicyclic) bond motifs is 1. The summed E-state index contributed by atoms with van der Waals surface area (Å²) >= 11 is 0. The predicted octanol–water partition coefficient (Wildman–Crippen LogP) is -0.511. The average molecular weight is 334 g/mol. The fourth-order valence-corrected chi connectivity index (χ4v) is 2.93. The van der Waals surface area contributed by atoms with Crippen LogP contribution in [0.25, 0.3) is 11.2 Å². The minimum absolute atomic E-state index is 0.0663. The Morgan fingerprint density at radius 3 is 2.71 bits per heavy atom. The molecule has 0 aliphatic heterocycles. The summed E-state index contributed by atoms with van der Waals surface area (Å²) in [6.45, 7) is -0.242. The predicted molar refractivity (Wildman–Crippen MR) is 83.6 cm³/mol. The number of carbonyl (C=O) groups excluding carboxylic acids is 2. The first kappa shape index (κ1) is 16.2. The van der Waals surface area contributed by atoms with E-state index in [4.69, 9.17) is 4.74 Å². The van der Waals surface area contributed by atoms with Crippen LogP contribution in [-0.4, -0.2) is 36.5 Å². The molecule has 0 bridgehead atoms. The smallest absolute Gasteiger partial charge is 0.332 e. The van der Waals surface area contributed by atoms with Gasteiger partial charge >= 0.3 is 11.7 Å². The Labute approximate surface area is 136 Å². The summed E-state index contributed by atoms with van der Waals surface area (Å²) in [5.41, 5.74) is -0.684. The van der Waals surface area contributed by atoms with Crippen molar-refractivity contribution in [1.29, 1.82) is 0 Å². The fourth-order valence-electron chi connectivity index (χ4n) is 2.93. The summed E-state index contributed by atoms with van der Waals surface area (Å²) in [6, 6.07) is 0. The fraction of sp³-hybridized carbons (Fsp3) is 0.533. The minimum atomic E-state index is -0.701. The highest BCUT2D eigenvalue weighted by Crippen LogP contribution is 2.18. The number of esters is 1. The van der Waals surface area contributed by atoms with Crippen LogP contribution in [0.15, 0.2) is 15.9 Å². The van der Waals surface area contributed by atoms with Gasteiger partial charge in [0.15, 0.2) is 23.1 Å². The van der Waals surface area contributed by atoms with Crippen molar-refractivity contribution in [3.63, 3.8) is 0 Å². The lowest BCUT2D eigenvalue weighted by Gasteiger charge is -2.20. The van der Waals surface area contributed by atoms with Crippen LogP contribution < -0.4 is 11.2 Å². The molecule has 0 spiro atoms. The van der Waals surface area contributed by atoms with Gasteiger partial charge in [0.25, 0.3) is 5.56 Å². The maximum atomic E-state index is 12.3. The van der Waals surface area contributed by atoms with E-state index in [0.717, 1.165) is 17.4 Å². The van der Waals surface area contributed by atoms with Gasteiger partial charge in [0.2, 0.25) is 0 Å². The molecule has 0 aromatic carbocycles. The number of hydrogen-bond donors (Lipinski definition) is 0. The lowest BCUT2D eigenvalue weighted by atomic mass is 9.96. The zero-order chi connectivity index (χ0) is 17.4. The first-order chi connectivity index (χ1) is 11.4. The van der Waals surface area contributed by atoms with Crippen LogP contribution in [0.3, 0.4) is 0 Å². The molecule has 9 nitrogen and oxygen atoms in total. The van der Waals surface area contributed by atoms with Crippen LogP contribution in [0.5, 0.6) is 0 Å². The molecule has 2 heterocycles. The molecular formula is C15H18N4O5. The Balaban J connectivity index is 1.88. The van der Waals surface area contributed by atoms with E-state index in [2.05, 4.69) is 4.98 Å². The van der Waals surface area contributed by atoms with E-state index >= 15 is 0 Å². The largest absolute Gasteiger partial charge is 0.453 e. The highest BCUT2D eigenvalue weighted by Gasteiger charge is 2.26. The molecule has 1 atom stereocenters. The molecule has 0 N–H and O–H groups in total. The van der Waals surface area contributed by atoms with Crippen molar-refractivity contribution in [3.05, 3.63) is 27.2 Å². The van der Waals surface area contributed by atoms with Gasteiger partial charge in [-0.15, -0.1) is 0 Å². The van der Waals surface area contributed by atoms with Gasteiger partial charge in [-0.3, -0.25) is 23.5 Å². The second-order valence-corrected chi connectivity index (χ2v) is 5.94. The first-order valence-electron chi connectivity index (χ1n) is 7.73. The van der Waals surface area contributed by atoms with Gasteiger partial charge in [-0.1, -0.05) is 0 Å². The van der Waals surface area contributed by atoms with Gasteiger partial charge in [-0.2, -0.15) is 0 Å². The van der Waals surface area contributed by atoms with Gasteiger partial charge in [0.1, 0.15) is 6.54 Å². The zero-order valence-electron chi connectivity index (χ0n) is 13.5. The maximum absolute atomic E-state index is 12.3. The highest BCUT2D eigenvalue weighted by molar-refractivity contribution is 5.86. The normalized spacial score (nSPS) is 18.1. The molecular weight excluding hydrogens is 316 g/mol. The van der Waals surface area contributed by atoms with Gasteiger partial charge in [0, 0.05) is 20.5 Å². The van der Waals surface area contributed by atoms with Gasteiger partial charge in [-0.25, -0.2) is 9.78 Å². The Bertz CT molecular complexity index is 936. The molecule has 3 rings (SSSR count). The van der Waals surface area contributed by atoms with Crippen molar-refractivity contribution in [1.82, 2.24) is 18.7 Å². The Morgan fingerprint density at radius 2 is 2.00 bits per heavy atom. The molecule has 24 heavy (non-hydrogen) atoms. The molecule has 0 radical (unpaired) electrons. The number of hydrogen-bond acceptors (Lipinski definition) is 6. The number of ether oxygens (including phenoxy) is 1. The Hall–Kier alpha value is -2.71. The van der Waals surface area contributed by atoms with E-state index in [1.807, 2.05) is 0 Å². The molecule has 1 saturated carbocycles. The number of ketones is 1. The molecule has 2 aromatic heterocycles. The van der Waals surface area contributed by atoms with E-state index in [1.165, 1.54) is 29.6 Å². The molecule has 0 amide bonds. The van der Waals surface area contributed by atoms with E-state index in [-0.39, 0.29) is 23.5 Å². The van der Waals surface area contributed by atoms with Crippen molar-refractivity contribution in [2.75, 3.05) is 0 Å². The highest BCUT2D eigenvalue weighted by atomic mass is 16.5. The third-order valence-electron chi connectivity index (χ3n) is 4.29. The van der Waals surface area contributed by atoms with E-state index in [1.54, 1.807) is 0 Å². The third kappa shape index (κ3) is 2.66. The number of aryl methyl sites for hydroxylation is 1. The van der Waals surface area contributed by atoms with Crippen molar-refractivity contribution in [2.24, 2.45) is 14.1 Å². The van der Waals surface area contributed by atoms with Crippen LogP contribution in [0.4, 0.5) is 0 Å². The molecule has 0 saturated heterocycles. The lowest BCUT2D eigenvalue weighted by Crippen LogP contribution is -2.38. The number of carbonyl (C=O) groups is 2. The maximum Gasteiger partial charge on any atom is 0.332 e. The summed E-state index contributed by atoms with van der Waals surface area (Å²) in [7, 11) is 2.86. The molecule has 9 heteroatoms. The summed E-state index contributed by atoms with van der Waals surface area (Å²) in [4.78, 5) is 52.1. The molecule has 1 aliphatic rings. The molecule has 128 valence electrons. The van der Waals surface area contributed by atoms with Crippen molar-refractivity contribution in [3.8, 4) is 0 Å². The van der Waals surface area contributed by atoms with E-state index < -0.39 is 23.3 Å². The zero-order valence-corrected chi connectivity index (χ0v) is 13.5. The topological polar surface area (TPSA) is 105 Å². The SMILES string of the molecule is Cn1c(=O)c2c(ncn2CC(=O)OC2CCCCC2=O)n(C)c1=O. The quantitative estimate of drug-likeness (QED) is 0.700. The lowest BCUT2D eigenvalue weighted by molar-refractivity contribution is -0.157. The van der Waals surface area contributed by atoms with Crippen molar-refractivity contribution in [2.45, 2.75) is 38.3 Å². The number of rotatable bonds is 3. The second kappa shape index (κ2) is 6.06. The summed E-state index contributed by atoms with van der Waals surface area (Å²) in [6.07, 6.45) is 3.24. The van der Waals surface area contributed by atoms with E-state index in [0.29, 0.717) is 12.8 Å². The number of Topliss-reactive ketones (excluding diaryl/α,β-unsaturated/α-hetero) is 1. The molecule has 1 aliphatic carbocycles. The number of nitrogens with zero attached hydrogens (tertiary/aromatic N) is 4. The minimum Gasteiger partial charge on any atom is -0.453 e. The average Bonchev–Trinajstić information content (AvgIpc) is 2.96. The standard InChI is InChI=1S/C15H18N4O5/c1-17-13-12(14(22)18(2)15(17)23)19(8-16-13)7-11(21)24-10-6-4-3-5-9(10)20/h8,10H,3-7H2,1-2H3. The monoisotopic (exact) mass is 334 g/mol. The van der Waals surface area contributed by atoms with Crippen LogP contribution in [0.2, 0.25) is 0 Å². The van der Waals surface area contributed by atoms with Crippen LogP contribution in [0, 0.1) is 0 Å². The Kier molecular flexibility index (Phi) is 4.08. The number of aromatic nitrogens is 4. The van der Waals surface area contributed by atoms with Gasteiger partial charge < -0.3 is 9.30 Å². The molecule has 1 fully saturated rings.